The van der Waals surface area contributed by atoms with Crippen molar-refractivity contribution in [2.45, 2.75) is 19.3 Å². The van der Waals surface area contributed by atoms with Crippen molar-refractivity contribution in [1.82, 2.24) is 15.5 Å². The SMILES string of the molecule is NC(=O)c1cc(F)cc(C(F)(F)F)c1-c1cc2[nH]ncc2c2c1CNC2. The van der Waals surface area contributed by atoms with Crippen molar-refractivity contribution in [3.05, 3.63) is 52.5 Å². The molecule has 5 nitrogen and oxygen atoms in total. The third-order valence-electron chi connectivity index (χ3n) is 4.52. The van der Waals surface area contributed by atoms with E-state index in [4.69, 9.17) is 5.73 Å². The average molecular weight is 364 g/mol. The molecule has 4 rings (SSSR count). The zero-order chi connectivity index (χ0) is 18.6. The van der Waals surface area contributed by atoms with E-state index in [2.05, 4.69) is 15.5 Å². The first kappa shape index (κ1) is 16.5. The molecule has 0 radical (unpaired) electrons. The quantitative estimate of drug-likeness (QED) is 0.611. The molecule has 26 heavy (non-hydrogen) atoms. The van der Waals surface area contributed by atoms with Gasteiger partial charge in [-0.2, -0.15) is 18.3 Å². The number of aromatic nitrogens is 2. The summed E-state index contributed by atoms with van der Waals surface area (Å²) >= 11 is 0. The van der Waals surface area contributed by atoms with Gasteiger partial charge in [0.15, 0.2) is 0 Å². The number of carbonyl (C=O) groups excluding carboxylic acids is 1. The van der Waals surface area contributed by atoms with Crippen LogP contribution in [0.1, 0.15) is 27.0 Å². The number of nitrogens with zero attached hydrogens (tertiary/aromatic N) is 1. The Morgan fingerprint density at radius 1 is 1.15 bits per heavy atom. The Labute approximate surface area is 144 Å². The van der Waals surface area contributed by atoms with Crippen LogP contribution < -0.4 is 11.1 Å². The molecule has 1 aromatic heterocycles. The molecule has 1 aliphatic heterocycles. The number of aromatic amines is 1. The molecule has 0 aliphatic carbocycles. The highest BCUT2D eigenvalue weighted by atomic mass is 19.4. The number of nitrogens with one attached hydrogen (secondary N) is 2. The molecular formula is C17H12F4N4O. The minimum absolute atomic E-state index is 0.183. The van der Waals surface area contributed by atoms with Gasteiger partial charge < -0.3 is 11.1 Å². The summed E-state index contributed by atoms with van der Waals surface area (Å²) < 4.78 is 54.6. The van der Waals surface area contributed by atoms with Gasteiger partial charge in [-0.1, -0.05) is 0 Å². The molecule has 134 valence electrons. The fraction of sp³-hybridized carbons (Fsp3) is 0.176. The second-order valence-electron chi connectivity index (χ2n) is 6.05. The lowest BCUT2D eigenvalue weighted by Crippen LogP contribution is -2.18. The lowest BCUT2D eigenvalue weighted by Gasteiger charge is -2.19. The summed E-state index contributed by atoms with van der Waals surface area (Å²) in [5.74, 6) is -2.30. The predicted molar refractivity (Wildman–Crippen MR) is 85.6 cm³/mol. The number of primary amides is 1. The molecular weight excluding hydrogens is 352 g/mol. The monoisotopic (exact) mass is 364 g/mol. The van der Waals surface area contributed by atoms with Gasteiger partial charge in [-0.3, -0.25) is 9.89 Å². The smallest absolute Gasteiger partial charge is 0.366 e. The van der Waals surface area contributed by atoms with Crippen molar-refractivity contribution < 1.29 is 22.4 Å². The third-order valence-corrected chi connectivity index (χ3v) is 4.52. The lowest BCUT2D eigenvalue weighted by atomic mass is 9.88. The van der Waals surface area contributed by atoms with E-state index in [9.17, 15) is 22.4 Å². The maximum absolute atomic E-state index is 13.8. The number of rotatable bonds is 2. The number of halogens is 4. The maximum atomic E-state index is 13.8. The van der Waals surface area contributed by atoms with Crippen LogP contribution in [0.4, 0.5) is 17.6 Å². The molecule has 1 aliphatic rings. The average Bonchev–Trinajstić information content (AvgIpc) is 3.20. The van der Waals surface area contributed by atoms with Crippen molar-refractivity contribution in [2.75, 3.05) is 0 Å². The number of amides is 1. The number of carbonyl (C=O) groups is 1. The van der Waals surface area contributed by atoms with Gasteiger partial charge >= 0.3 is 6.18 Å². The van der Waals surface area contributed by atoms with Crippen LogP contribution in [0.2, 0.25) is 0 Å². The van der Waals surface area contributed by atoms with E-state index in [1.54, 1.807) is 6.20 Å². The van der Waals surface area contributed by atoms with Gasteiger partial charge in [0.05, 0.1) is 22.8 Å². The summed E-state index contributed by atoms with van der Waals surface area (Å²) in [6.45, 7) is 0.770. The highest BCUT2D eigenvalue weighted by molar-refractivity contribution is 6.03. The topological polar surface area (TPSA) is 83.8 Å². The summed E-state index contributed by atoms with van der Waals surface area (Å²) in [7, 11) is 0. The molecule has 0 fully saturated rings. The number of H-pyrrole nitrogens is 1. The third kappa shape index (κ3) is 2.43. The van der Waals surface area contributed by atoms with Gasteiger partial charge in [-0.25, -0.2) is 4.39 Å². The highest BCUT2D eigenvalue weighted by Crippen LogP contribution is 2.43. The Morgan fingerprint density at radius 3 is 2.58 bits per heavy atom. The second kappa shape index (κ2) is 5.53. The molecule has 0 unspecified atom stereocenters. The summed E-state index contributed by atoms with van der Waals surface area (Å²) in [6.07, 6.45) is -3.27. The molecule has 0 atom stereocenters. The summed E-state index contributed by atoms with van der Waals surface area (Å²) in [5.41, 5.74) is 5.21. The number of fused-ring (bicyclic) bond motifs is 3. The molecule has 9 heteroatoms. The van der Waals surface area contributed by atoms with Crippen LogP contribution in [0, 0.1) is 5.82 Å². The Balaban J connectivity index is 2.14. The van der Waals surface area contributed by atoms with E-state index in [0.29, 0.717) is 30.2 Å². The largest absolute Gasteiger partial charge is 0.417 e. The number of hydrogen-bond acceptors (Lipinski definition) is 3. The van der Waals surface area contributed by atoms with E-state index in [0.717, 1.165) is 17.0 Å². The van der Waals surface area contributed by atoms with Gasteiger partial charge in [0.1, 0.15) is 5.82 Å². The van der Waals surface area contributed by atoms with Gasteiger partial charge in [-0.05, 0) is 34.9 Å². The van der Waals surface area contributed by atoms with Gasteiger partial charge in [0, 0.05) is 24.0 Å². The van der Waals surface area contributed by atoms with E-state index in [1.807, 2.05) is 0 Å². The van der Waals surface area contributed by atoms with Crippen LogP contribution in [0.5, 0.6) is 0 Å². The number of benzene rings is 2. The molecule has 0 saturated carbocycles. The summed E-state index contributed by atoms with van der Waals surface area (Å²) in [4.78, 5) is 11.8. The first-order chi connectivity index (χ1) is 12.3. The normalized spacial score (nSPS) is 14.0. The number of nitrogens with two attached hydrogens (primary N) is 1. The van der Waals surface area contributed by atoms with Gasteiger partial charge in [0.2, 0.25) is 5.91 Å². The Kier molecular flexibility index (Phi) is 3.52. The van der Waals surface area contributed by atoms with Crippen LogP contribution >= 0.6 is 0 Å². The van der Waals surface area contributed by atoms with Crippen LogP contribution in [-0.2, 0) is 19.3 Å². The molecule has 3 aromatic rings. The second-order valence-corrected chi connectivity index (χ2v) is 6.05. The Bertz CT molecular complexity index is 1060. The molecule has 0 saturated heterocycles. The Hall–Kier alpha value is -2.94. The van der Waals surface area contributed by atoms with E-state index >= 15 is 0 Å². The fourth-order valence-electron chi connectivity index (χ4n) is 3.46. The number of hydrogen-bond donors (Lipinski definition) is 3. The highest BCUT2D eigenvalue weighted by Gasteiger charge is 2.37. The maximum Gasteiger partial charge on any atom is 0.417 e. The molecule has 0 spiro atoms. The minimum Gasteiger partial charge on any atom is -0.366 e. The fourth-order valence-corrected chi connectivity index (χ4v) is 3.46. The van der Waals surface area contributed by atoms with Crippen molar-refractivity contribution in [1.29, 1.82) is 0 Å². The zero-order valence-electron chi connectivity index (χ0n) is 13.2. The standard InChI is InChI=1S/C17H12F4N4O/c18-7-1-9(16(22)26)15(13(2-7)17(19,20)21)8-3-14-12(6-24-25-14)11-5-23-4-10(8)11/h1-3,6,23H,4-5H2,(H2,22,26)(H,24,25). The minimum atomic E-state index is -4.86. The van der Waals surface area contributed by atoms with Gasteiger partial charge in [-0.15, -0.1) is 0 Å². The first-order valence-electron chi connectivity index (χ1n) is 7.67. The van der Waals surface area contributed by atoms with Crippen LogP contribution in [-0.4, -0.2) is 16.1 Å². The number of alkyl halides is 3. The summed E-state index contributed by atoms with van der Waals surface area (Å²) in [5, 5.41) is 10.5. The van der Waals surface area contributed by atoms with Crippen LogP contribution in [0.15, 0.2) is 24.4 Å². The molecule has 0 bridgehead atoms. The predicted octanol–water partition coefficient (Wildman–Crippen LogP) is 3.09. The van der Waals surface area contributed by atoms with Crippen molar-refractivity contribution >= 4 is 16.8 Å². The van der Waals surface area contributed by atoms with Crippen molar-refractivity contribution in [3.8, 4) is 11.1 Å². The van der Waals surface area contributed by atoms with Crippen LogP contribution in [0.3, 0.4) is 0 Å². The first-order valence-corrected chi connectivity index (χ1v) is 7.67. The summed E-state index contributed by atoms with van der Waals surface area (Å²) in [6, 6.07) is 2.61. The molecule has 1 amide bonds. The van der Waals surface area contributed by atoms with Crippen molar-refractivity contribution in [3.63, 3.8) is 0 Å². The van der Waals surface area contributed by atoms with Crippen molar-refractivity contribution in [2.24, 2.45) is 5.73 Å². The molecule has 2 heterocycles. The van der Waals surface area contributed by atoms with E-state index in [1.165, 1.54) is 6.07 Å². The van der Waals surface area contributed by atoms with Gasteiger partial charge in [0.25, 0.3) is 0 Å². The van der Waals surface area contributed by atoms with Crippen LogP contribution in [0.25, 0.3) is 22.0 Å². The van der Waals surface area contributed by atoms with E-state index < -0.39 is 34.6 Å². The lowest BCUT2D eigenvalue weighted by molar-refractivity contribution is -0.137. The van der Waals surface area contributed by atoms with E-state index in [-0.39, 0.29) is 5.56 Å². The zero-order valence-corrected chi connectivity index (χ0v) is 13.2. The molecule has 2 aromatic carbocycles. The Morgan fingerprint density at radius 2 is 1.88 bits per heavy atom. The molecule has 4 N–H and O–H groups in total.